The van der Waals surface area contributed by atoms with Gasteiger partial charge in [-0.2, -0.15) is 0 Å². The fourth-order valence-electron chi connectivity index (χ4n) is 0.679. The maximum atomic E-state index is 10.8. The molecule has 0 saturated heterocycles. The molecule has 0 atom stereocenters. The summed E-state index contributed by atoms with van der Waals surface area (Å²) >= 11 is 0. The number of aromatic nitrogens is 7. The van der Waals surface area contributed by atoms with E-state index < -0.39 is 0 Å². The monoisotopic (exact) mass is 167 g/mol. The number of nitrogens with zero attached hydrogens (tertiary/aromatic N) is 7. The summed E-state index contributed by atoms with van der Waals surface area (Å²) in [6.45, 7) is 0. The Balaban J connectivity index is 2.57. The number of hydrogen-bond donors (Lipinski definition) is 0. The van der Waals surface area contributed by atoms with Gasteiger partial charge in [-0.3, -0.25) is 4.85 Å². The SMILES string of the molecule is [O-]n1cnnc1-c1nnnn1[O-]. The smallest absolute Gasteiger partial charge is 0.215 e. The zero-order valence-corrected chi connectivity index (χ0v) is 5.52. The highest BCUT2D eigenvalue weighted by atomic mass is 16.5. The Kier molecular flexibility index (Phi) is 1.17. The molecule has 0 aliphatic heterocycles. The standard InChI is InChI=1S/C3HN7O2/c11-9-1-4-5-2(9)3-6-7-8-10(3)12/h1H/q-2. The van der Waals surface area contributed by atoms with Crippen LogP contribution in [0.1, 0.15) is 0 Å². The van der Waals surface area contributed by atoms with E-state index in [9.17, 15) is 10.4 Å². The number of tetrazole rings is 1. The van der Waals surface area contributed by atoms with Crippen LogP contribution in [0.15, 0.2) is 6.33 Å². The maximum Gasteiger partial charge on any atom is 0.215 e. The normalized spacial score (nSPS) is 10.3. The van der Waals surface area contributed by atoms with Gasteiger partial charge >= 0.3 is 0 Å². The first-order valence-electron chi connectivity index (χ1n) is 2.83. The summed E-state index contributed by atoms with van der Waals surface area (Å²) in [4.78, 5) is 0.0956. The summed E-state index contributed by atoms with van der Waals surface area (Å²) in [6, 6.07) is 0. The van der Waals surface area contributed by atoms with Crippen molar-refractivity contribution in [2.75, 3.05) is 0 Å². The molecule has 0 aliphatic carbocycles. The van der Waals surface area contributed by atoms with Crippen LogP contribution in [0.25, 0.3) is 11.6 Å². The van der Waals surface area contributed by atoms with Gasteiger partial charge in [-0.25, -0.2) is 0 Å². The van der Waals surface area contributed by atoms with E-state index in [-0.39, 0.29) is 16.5 Å². The highest BCUT2D eigenvalue weighted by Crippen LogP contribution is 2.08. The van der Waals surface area contributed by atoms with Gasteiger partial charge in [0.05, 0.1) is 0 Å². The van der Waals surface area contributed by atoms with Gasteiger partial charge in [0.25, 0.3) is 0 Å². The van der Waals surface area contributed by atoms with Crippen LogP contribution in [-0.2, 0) is 0 Å². The molecule has 2 aromatic heterocycles. The lowest BCUT2D eigenvalue weighted by Gasteiger charge is -2.09. The first kappa shape index (κ1) is 6.52. The Morgan fingerprint density at radius 2 is 2.00 bits per heavy atom. The van der Waals surface area contributed by atoms with Crippen molar-refractivity contribution in [1.82, 2.24) is 35.3 Å². The Labute approximate surface area is 64.8 Å². The second-order valence-electron chi connectivity index (χ2n) is 1.86. The predicted molar refractivity (Wildman–Crippen MR) is 34.4 cm³/mol. The lowest BCUT2D eigenvalue weighted by Crippen LogP contribution is -1.98. The zero-order valence-electron chi connectivity index (χ0n) is 5.52. The third kappa shape index (κ3) is 0.761. The molecule has 0 radical (unpaired) electrons. The third-order valence-corrected chi connectivity index (χ3v) is 1.16. The molecule has 0 saturated carbocycles. The molecule has 0 unspecified atom stereocenters. The van der Waals surface area contributed by atoms with Crippen molar-refractivity contribution < 1.29 is 0 Å². The van der Waals surface area contributed by atoms with Crippen LogP contribution in [0.5, 0.6) is 0 Å². The van der Waals surface area contributed by atoms with Gasteiger partial charge in [-0.05, 0) is 10.4 Å². The molecule has 0 amide bonds. The summed E-state index contributed by atoms with van der Waals surface area (Å²) in [5.41, 5.74) is 0. The molecule has 2 heterocycles. The third-order valence-electron chi connectivity index (χ3n) is 1.16. The van der Waals surface area contributed by atoms with Crippen LogP contribution in [0.2, 0.25) is 0 Å². The van der Waals surface area contributed by atoms with Crippen LogP contribution >= 0.6 is 0 Å². The van der Waals surface area contributed by atoms with Gasteiger partial charge in [-0.15, -0.1) is 15.3 Å². The highest BCUT2D eigenvalue weighted by molar-refractivity contribution is 5.42. The molecule has 62 valence electrons. The van der Waals surface area contributed by atoms with E-state index in [1.165, 1.54) is 0 Å². The Morgan fingerprint density at radius 3 is 2.50 bits per heavy atom. The van der Waals surface area contributed by atoms with Crippen molar-refractivity contribution >= 4 is 0 Å². The minimum absolute atomic E-state index is 0.0956. The quantitative estimate of drug-likeness (QED) is 0.513. The second kappa shape index (κ2) is 2.15. The van der Waals surface area contributed by atoms with E-state index in [2.05, 4.69) is 25.7 Å². The van der Waals surface area contributed by atoms with E-state index in [0.717, 1.165) is 6.33 Å². The minimum Gasteiger partial charge on any atom is -0.803 e. The van der Waals surface area contributed by atoms with Gasteiger partial charge in [0, 0.05) is 0 Å². The van der Waals surface area contributed by atoms with Gasteiger partial charge in [-0.1, -0.05) is 0 Å². The summed E-state index contributed by atoms with van der Waals surface area (Å²) in [7, 11) is 0. The topological polar surface area (TPSA) is 120 Å². The molecule has 12 heavy (non-hydrogen) atoms. The molecular formula is C3HN7O2-2. The average molecular weight is 167 g/mol. The maximum absolute atomic E-state index is 10.8. The first-order chi connectivity index (χ1) is 5.79. The molecule has 0 N–H and O–H groups in total. The lowest BCUT2D eigenvalue weighted by atomic mass is 10.6. The highest BCUT2D eigenvalue weighted by Gasteiger charge is 2.07. The van der Waals surface area contributed by atoms with E-state index >= 15 is 0 Å². The van der Waals surface area contributed by atoms with Gasteiger partial charge in [0.2, 0.25) is 5.82 Å². The van der Waals surface area contributed by atoms with E-state index in [1.807, 2.05) is 0 Å². The van der Waals surface area contributed by atoms with Crippen LogP contribution in [0, 0.1) is 10.4 Å². The van der Waals surface area contributed by atoms with Crippen molar-refractivity contribution in [2.24, 2.45) is 0 Å². The van der Waals surface area contributed by atoms with Crippen molar-refractivity contribution in [1.29, 1.82) is 0 Å². The van der Waals surface area contributed by atoms with Crippen molar-refractivity contribution in [3.63, 3.8) is 0 Å². The molecule has 0 fully saturated rings. The summed E-state index contributed by atoms with van der Waals surface area (Å²) < 4.78 is 0.306. The largest absolute Gasteiger partial charge is 0.803 e. The summed E-state index contributed by atoms with van der Waals surface area (Å²) in [6.07, 6.45) is 0.907. The molecule has 2 aromatic rings. The second-order valence-corrected chi connectivity index (χ2v) is 1.86. The van der Waals surface area contributed by atoms with E-state index in [0.29, 0.717) is 4.73 Å². The van der Waals surface area contributed by atoms with E-state index in [4.69, 9.17) is 0 Å². The van der Waals surface area contributed by atoms with Crippen LogP contribution in [-0.4, -0.2) is 35.3 Å². The number of hydrogen-bond acceptors (Lipinski definition) is 7. The summed E-state index contributed by atoms with van der Waals surface area (Å²) in [5, 5.41) is 37.5. The molecule has 0 bridgehead atoms. The molecule has 0 spiro atoms. The molecule has 0 aromatic carbocycles. The van der Waals surface area contributed by atoms with Crippen LogP contribution < -0.4 is 0 Å². The van der Waals surface area contributed by atoms with Gasteiger partial charge < -0.3 is 15.1 Å². The molecule has 2 rings (SSSR count). The predicted octanol–water partition coefficient (Wildman–Crippen LogP) is -1.38. The van der Waals surface area contributed by atoms with Crippen molar-refractivity contribution in [3.05, 3.63) is 16.7 Å². The Morgan fingerprint density at radius 1 is 1.17 bits per heavy atom. The first-order valence-corrected chi connectivity index (χ1v) is 2.83. The van der Waals surface area contributed by atoms with Crippen LogP contribution in [0.4, 0.5) is 0 Å². The Hall–Kier alpha value is -2.19. The van der Waals surface area contributed by atoms with Crippen molar-refractivity contribution in [2.45, 2.75) is 0 Å². The van der Waals surface area contributed by atoms with Gasteiger partial charge in [0.15, 0.2) is 5.82 Å². The van der Waals surface area contributed by atoms with E-state index in [1.54, 1.807) is 0 Å². The summed E-state index contributed by atoms with van der Waals surface area (Å²) in [5.74, 6) is -0.475. The van der Waals surface area contributed by atoms with Crippen LogP contribution in [0.3, 0.4) is 0 Å². The number of rotatable bonds is 1. The lowest BCUT2D eigenvalue weighted by molar-refractivity contribution is 0.791. The molecule has 9 nitrogen and oxygen atoms in total. The minimum atomic E-state index is -0.262. The Bertz CT molecular complexity index is 353. The average Bonchev–Trinajstić information content (AvgIpc) is 2.59. The van der Waals surface area contributed by atoms with Crippen molar-refractivity contribution in [3.8, 4) is 11.6 Å². The molecular weight excluding hydrogens is 166 g/mol. The zero-order chi connectivity index (χ0) is 8.55. The fourth-order valence-corrected chi connectivity index (χ4v) is 0.679. The van der Waals surface area contributed by atoms with Gasteiger partial charge in [0.1, 0.15) is 6.33 Å². The molecule has 9 heteroatoms. The molecule has 0 aliphatic rings. The fraction of sp³-hybridized carbons (Fsp3) is 0.